The highest BCUT2D eigenvalue weighted by molar-refractivity contribution is 5.93. The summed E-state index contributed by atoms with van der Waals surface area (Å²) in [5.74, 6) is 0.139. The van der Waals surface area contributed by atoms with Gasteiger partial charge in [0.25, 0.3) is 5.91 Å². The second-order valence-corrected chi connectivity index (χ2v) is 5.57. The van der Waals surface area contributed by atoms with E-state index in [9.17, 15) is 4.79 Å². The van der Waals surface area contributed by atoms with E-state index in [1.165, 1.54) is 11.1 Å². The van der Waals surface area contributed by atoms with Crippen molar-refractivity contribution in [3.05, 3.63) is 59.4 Å². The summed E-state index contributed by atoms with van der Waals surface area (Å²) in [7, 11) is 1.92. The van der Waals surface area contributed by atoms with Gasteiger partial charge in [-0.25, -0.2) is 0 Å². The fraction of sp³-hybridized carbons (Fsp3) is 0.353. The van der Waals surface area contributed by atoms with E-state index in [0.717, 1.165) is 25.1 Å². The first-order chi connectivity index (χ1) is 9.66. The number of aryl methyl sites for hydroxylation is 2. The Bertz CT molecular complexity index is 612. The van der Waals surface area contributed by atoms with Crippen LogP contribution in [-0.2, 0) is 7.05 Å². The molecule has 1 aromatic carbocycles. The van der Waals surface area contributed by atoms with Crippen LogP contribution in [0.15, 0.2) is 42.6 Å². The SMILES string of the molecule is Cc1ccc(C2CCCN2C(=O)c2cccn2C)cc1. The van der Waals surface area contributed by atoms with E-state index >= 15 is 0 Å². The van der Waals surface area contributed by atoms with E-state index in [4.69, 9.17) is 0 Å². The molecule has 3 rings (SSSR count). The third-order valence-electron chi connectivity index (χ3n) is 4.14. The second-order valence-electron chi connectivity index (χ2n) is 5.57. The maximum Gasteiger partial charge on any atom is 0.270 e. The molecule has 2 aromatic rings. The molecule has 1 fully saturated rings. The van der Waals surface area contributed by atoms with Gasteiger partial charge in [0.1, 0.15) is 5.69 Å². The summed E-state index contributed by atoms with van der Waals surface area (Å²) in [5.41, 5.74) is 3.27. The summed E-state index contributed by atoms with van der Waals surface area (Å²) in [4.78, 5) is 14.7. The number of rotatable bonds is 2. The van der Waals surface area contributed by atoms with E-state index < -0.39 is 0 Å². The first kappa shape index (κ1) is 13.0. The Labute approximate surface area is 119 Å². The molecule has 0 spiro atoms. The summed E-state index contributed by atoms with van der Waals surface area (Å²) in [6, 6.07) is 12.6. The minimum atomic E-state index is 0.139. The third-order valence-corrected chi connectivity index (χ3v) is 4.14. The van der Waals surface area contributed by atoms with Crippen molar-refractivity contribution < 1.29 is 4.79 Å². The van der Waals surface area contributed by atoms with Crippen molar-refractivity contribution >= 4 is 5.91 Å². The second kappa shape index (κ2) is 5.16. The number of likely N-dealkylation sites (tertiary alicyclic amines) is 1. The van der Waals surface area contributed by atoms with Crippen molar-refractivity contribution in [2.24, 2.45) is 7.05 Å². The molecule has 1 aliphatic rings. The molecule has 104 valence electrons. The van der Waals surface area contributed by atoms with Crippen LogP contribution < -0.4 is 0 Å². The van der Waals surface area contributed by atoms with Crippen LogP contribution in [0.4, 0.5) is 0 Å². The van der Waals surface area contributed by atoms with Crippen molar-refractivity contribution in [3.63, 3.8) is 0 Å². The van der Waals surface area contributed by atoms with Crippen molar-refractivity contribution in [3.8, 4) is 0 Å². The molecule has 0 saturated carbocycles. The Hall–Kier alpha value is -2.03. The predicted molar refractivity (Wildman–Crippen MR) is 79.6 cm³/mol. The van der Waals surface area contributed by atoms with Gasteiger partial charge in [0.2, 0.25) is 0 Å². The molecule has 1 unspecified atom stereocenters. The van der Waals surface area contributed by atoms with E-state index in [1.807, 2.05) is 34.8 Å². The van der Waals surface area contributed by atoms with E-state index in [1.54, 1.807) is 0 Å². The molecule has 1 aliphatic heterocycles. The maximum absolute atomic E-state index is 12.7. The Morgan fingerprint density at radius 3 is 2.60 bits per heavy atom. The average molecular weight is 268 g/mol. The van der Waals surface area contributed by atoms with Crippen LogP contribution in [0, 0.1) is 6.92 Å². The molecule has 0 aliphatic carbocycles. The number of hydrogen-bond acceptors (Lipinski definition) is 1. The maximum atomic E-state index is 12.7. The van der Waals surface area contributed by atoms with E-state index in [0.29, 0.717) is 0 Å². The number of carbonyl (C=O) groups is 1. The van der Waals surface area contributed by atoms with Gasteiger partial charge >= 0.3 is 0 Å². The number of aromatic nitrogens is 1. The molecule has 1 saturated heterocycles. The van der Waals surface area contributed by atoms with Crippen molar-refractivity contribution in [2.75, 3.05) is 6.54 Å². The number of hydrogen-bond donors (Lipinski definition) is 0. The summed E-state index contributed by atoms with van der Waals surface area (Å²) >= 11 is 0. The Morgan fingerprint density at radius 1 is 1.20 bits per heavy atom. The molecule has 3 heteroatoms. The molecular formula is C17H20N2O. The zero-order valence-electron chi connectivity index (χ0n) is 12.0. The quantitative estimate of drug-likeness (QED) is 0.820. The number of carbonyl (C=O) groups excluding carboxylic acids is 1. The van der Waals surface area contributed by atoms with Crippen LogP contribution in [0.2, 0.25) is 0 Å². The number of benzene rings is 1. The predicted octanol–water partition coefficient (Wildman–Crippen LogP) is 3.31. The van der Waals surface area contributed by atoms with Gasteiger partial charge in [-0.1, -0.05) is 29.8 Å². The van der Waals surface area contributed by atoms with Gasteiger partial charge in [-0.15, -0.1) is 0 Å². The van der Waals surface area contributed by atoms with Gasteiger partial charge in [-0.2, -0.15) is 0 Å². The summed E-state index contributed by atoms with van der Waals surface area (Å²) in [6.45, 7) is 2.94. The Morgan fingerprint density at radius 2 is 1.95 bits per heavy atom. The highest BCUT2D eigenvalue weighted by Crippen LogP contribution is 2.33. The van der Waals surface area contributed by atoms with Crippen LogP contribution in [-0.4, -0.2) is 21.9 Å². The van der Waals surface area contributed by atoms with Gasteiger partial charge in [-0.3, -0.25) is 4.79 Å². The van der Waals surface area contributed by atoms with Crippen molar-refractivity contribution in [1.82, 2.24) is 9.47 Å². The molecule has 1 aromatic heterocycles. The minimum Gasteiger partial charge on any atom is -0.347 e. The lowest BCUT2D eigenvalue weighted by molar-refractivity contribution is 0.0726. The first-order valence-electron chi connectivity index (χ1n) is 7.15. The fourth-order valence-corrected chi connectivity index (χ4v) is 2.98. The number of amides is 1. The van der Waals surface area contributed by atoms with Crippen LogP contribution in [0.3, 0.4) is 0 Å². The van der Waals surface area contributed by atoms with Crippen LogP contribution in [0.5, 0.6) is 0 Å². The lowest BCUT2D eigenvalue weighted by Crippen LogP contribution is -2.31. The highest BCUT2D eigenvalue weighted by Gasteiger charge is 2.31. The Balaban J connectivity index is 1.87. The molecule has 3 nitrogen and oxygen atoms in total. The number of nitrogens with zero attached hydrogens (tertiary/aromatic N) is 2. The van der Waals surface area contributed by atoms with Crippen molar-refractivity contribution in [1.29, 1.82) is 0 Å². The van der Waals surface area contributed by atoms with Gasteiger partial charge in [0.05, 0.1) is 6.04 Å². The zero-order valence-corrected chi connectivity index (χ0v) is 12.0. The monoisotopic (exact) mass is 268 g/mol. The third kappa shape index (κ3) is 2.24. The highest BCUT2D eigenvalue weighted by atomic mass is 16.2. The van der Waals surface area contributed by atoms with Gasteiger partial charge in [0.15, 0.2) is 0 Å². The van der Waals surface area contributed by atoms with Crippen LogP contribution in [0.1, 0.15) is 40.5 Å². The molecule has 2 heterocycles. The smallest absolute Gasteiger partial charge is 0.270 e. The summed E-state index contributed by atoms with van der Waals surface area (Å²) in [6.07, 6.45) is 4.05. The molecule has 0 N–H and O–H groups in total. The normalized spacial score (nSPS) is 18.5. The lowest BCUT2D eigenvalue weighted by atomic mass is 10.0. The van der Waals surface area contributed by atoms with Crippen molar-refractivity contribution in [2.45, 2.75) is 25.8 Å². The van der Waals surface area contributed by atoms with Crippen LogP contribution >= 0.6 is 0 Å². The largest absolute Gasteiger partial charge is 0.347 e. The standard InChI is InChI=1S/C17H20N2O/c1-13-7-9-14(10-8-13)15-5-4-12-19(15)17(20)16-6-3-11-18(16)2/h3,6-11,15H,4-5,12H2,1-2H3. The summed E-state index contributed by atoms with van der Waals surface area (Å²) < 4.78 is 1.90. The van der Waals surface area contributed by atoms with E-state index in [-0.39, 0.29) is 11.9 Å². The minimum absolute atomic E-state index is 0.139. The Kier molecular flexibility index (Phi) is 3.35. The average Bonchev–Trinajstić information content (AvgIpc) is 3.07. The van der Waals surface area contributed by atoms with E-state index in [2.05, 4.69) is 31.2 Å². The molecule has 1 amide bonds. The first-order valence-corrected chi connectivity index (χ1v) is 7.15. The fourth-order valence-electron chi connectivity index (χ4n) is 2.98. The molecule has 20 heavy (non-hydrogen) atoms. The molecule has 1 atom stereocenters. The summed E-state index contributed by atoms with van der Waals surface area (Å²) in [5, 5.41) is 0. The molecular weight excluding hydrogens is 248 g/mol. The lowest BCUT2D eigenvalue weighted by Gasteiger charge is -2.25. The van der Waals surface area contributed by atoms with Crippen LogP contribution in [0.25, 0.3) is 0 Å². The van der Waals surface area contributed by atoms with Gasteiger partial charge < -0.3 is 9.47 Å². The van der Waals surface area contributed by atoms with Gasteiger partial charge in [0, 0.05) is 19.8 Å². The molecule has 0 radical (unpaired) electrons. The zero-order chi connectivity index (χ0) is 14.1. The van der Waals surface area contributed by atoms with Gasteiger partial charge in [-0.05, 0) is 37.5 Å². The topological polar surface area (TPSA) is 25.2 Å². The molecule has 0 bridgehead atoms.